The summed E-state index contributed by atoms with van der Waals surface area (Å²) in [5, 5.41) is 9.59. The zero-order chi connectivity index (χ0) is 10.7. The van der Waals surface area contributed by atoms with Crippen LogP contribution in [0.25, 0.3) is 17.6 Å². The second-order valence-electron chi connectivity index (χ2n) is 2.94. The van der Waals surface area contributed by atoms with Crippen LogP contribution in [0.4, 0.5) is 5.95 Å². The van der Waals surface area contributed by atoms with Gasteiger partial charge in [0.25, 0.3) is 0 Å². The monoisotopic (exact) mass is 201 g/mol. The molecule has 76 valence electrons. The van der Waals surface area contributed by atoms with E-state index in [0.29, 0.717) is 11.8 Å². The number of rotatable bonds is 3. The summed E-state index contributed by atoms with van der Waals surface area (Å²) in [6, 6.07) is 3.80. The summed E-state index contributed by atoms with van der Waals surface area (Å²) >= 11 is 0. The van der Waals surface area contributed by atoms with Crippen molar-refractivity contribution >= 4 is 12.0 Å². The van der Waals surface area contributed by atoms with E-state index in [9.17, 15) is 0 Å². The van der Waals surface area contributed by atoms with Gasteiger partial charge in [0.1, 0.15) is 5.69 Å². The molecule has 0 bridgehead atoms. The predicted octanol–water partition coefficient (Wildman–Crippen LogP) is 1.55. The number of pyridine rings is 1. The van der Waals surface area contributed by atoms with Gasteiger partial charge in [-0.25, -0.2) is 0 Å². The molecule has 0 amide bonds. The number of hydrogen-bond donors (Lipinski definition) is 2. The number of aromatic nitrogens is 4. The highest BCUT2D eigenvalue weighted by atomic mass is 15.3. The second-order valence-corrected chi connectivity index (χ2v) is 2.94. The molecule has 5 heteroatoms. The second kappa shape index (κ2) is 3.91. The fraction of sp³-hybridized carbons (Fsp3) is 0.100. The zero-order valence-corrected chi connectivity index (χ0v) is 8.36. The van der Waals surface area contributed by atoms with Crippen molar-refractivity contribution in [1.29, 1.82) is 0 Å². The van der Waals surface area contributed by atoms with Crippen LogP contribution in [-0.4, -0.2) is 27.2 Å². The van der Waals surface area contributed by atoms with E-state index in [1.165, 1.54) is 0 Å². The zero-order valence-electron chi connectivity index (χ0n) is 8.36. The van der Waals surface area contributed by atoms with Crippen LogP contribution in [0.15, 0.2) is 24.9 Å². The first-order chi connectivity index (χ1) is 7.33. The third kappa shape index (κ3) is 1.85. The normalized spacial score (nSPS) is 9.93. The standard InChI is InChI=1S/C10H11N5/c1-3-7-4-5-8(12-6-7)9-13-10(11-2)15-14-9/h3-6H,1H2,2H3,(H2,11,13,14,15). The Balaban J connectivity index is 2.32. The molecule has 0 fully saturated rings. The fourth-order valence-electron chi connectivity index (χ4n) is 1.15. The van der Waals surface area contributed by atoms with Gasteiger partial charge in [0.05, 0.1) is 0 Å². The molecule has 0 saturated carbocycles. The minimum absolute atomic E-state index is 0.555. The summed E-state index contributed by atoms with van der Waals surface area (Å²) in [7, 11) is 1.77. The Hall–Kier alpha value is -2.17. The van der Waals surface area contributed by atoms with Gasteiger partial charge >= 0.3 is 0 Å². The molecule has 5 nitrogen and oxygen atoms in total. The molecule has 0 aliphatic heterocycles. The molecule has 0 spiro atoms. The summed E-state index contributed by atoms with van der Waals surface area (Å²) < 4.78 is 0. The summed E-state index contributed by atoms with van der Waals surface area (Å²) in [5.41, 5.74) is 1.74. The molecule has 0 aliphatic rings. The molecule has 2 rings (SSSR count). The molecule has 2 aromatic heterocycles. The van der Waals surface area contributed by atoms with E-state index < -0.39 is 0 Å². The van der Waals surface area contributed by atoms with Crippen LogP contribution in [0.2, 0.25) is 0 Å². The smallest absolute Gasteiger partial charge is 0.242 e. The fourth-order valence-corrected chi connectivity index (χ4v) is 1.15. The van der Waals surface area contributed by atoms with Crippen LogP contribution in [0.3, 0.4) is 0 Å². The number of nitrogens with one attached hydrogen (secondary N) is 2. The van der Waals surface area contributed by atoms with Crippen LogP contribution < -0.4 is 5.32 Å². The molecule has 2 aromatic rings. The minimum Gasteiger partial charge on any atom is -0.356 e. The highest BCUT2D eigenvalue weighted by Crippen LogP contribution is 2.13. The third-order valence-electron chi connectivity index (χ3n) is 1.97. The molecular formula is C10H11N5. The molecule has 2 heterocycles. The quantitative estimate of drug-likeness (QED) is 0.790. The molecule has 0 aliphatic carbocycles. The maximum Gasteiger partial charge on any atom is 0.242 e. The number of hydrogen-bond acceptors (Lipinski definition) is 4. The number of H-pyrrole nitrogens is 1. The first-order valence-electron chi connectivity index (χ1n) is 4.52. The lowest BCUT2D eigenvalue weighted by Crippen LogP contribution is -1.89. The molecule has 0 saturated heterocycles. The van der Waals surface area contributed by atoms with Crippen LogP contribution in [0.5, 0.6) is 0 Å². The van der Waals surface area contributed by atoms with Gasteiger partial charge in [-0.15, -0.1) is 5.10 Å². The van der Waals surface area contributed by atoms with Crippen molar-refractivity contribution in [2.45, 2.75) is 0 Å². The van der Waals surface area contributed by atoms with Crippen LogP contribution in [0, 0.1) is 0 Å². The van der Waals surface area contributed by atoms with Gasteiger partial charge in [-0.1, -0.05) is 18.7 Å². The third-order valence-corrected chi connectivity index (χ3v) is 1.97. The molecule has 0 aromatic carbocycles. The van der Waals surface area contributed by atoms with E-state index >= 15 is 0 Å². The molecule has 2 N–H and O–H groups in total. The van der Waals surface area contributed by atoms with E-state index in [0.717, 1.165) is 11.3 Å². The van der Waals surface area contributed by atoms with E-state index in [1.807, 2.05) is 12.1 Å². The predicted molar refractivity (Wildman–Crippen MR) is 59.3 cm³/mol. The Kier molecular flexibility index (Phi) is 2.45. The Morgan fingerprint density at radius 2 is 2.33 bits per heavy atom. The van der Waals surface area contributed by atoms with E-state index in [4.69, 9.17) is 0 Å². The molecular weight excluding hydrogens is 190 g/mol. The van der Waals surface area contributed by atoms with E-state index in [1.54, 1.807) is 19.3 Å². The van der Waals surface area contributed by atoms with Crippen LogP contribution in [-0.2, 0) is 0 Å². The van der Waals surface area contributed by atoms with Crippen molar-refractivity contribution in [3.05, 3.63) is 30.5 Å². The van der Waals surface area contributed by atoms with Crippen LogP contribution >= 0.6 is 0 Å². The lowest BCUT2D eigenvalue weighted by atomic mass is 10.2. The average Bonchev–Trinajstić information content (AvgIpc) is 2.78. The van der Waals surface area contributed by atoms with Crippen molar-refractivity contribution in [2.24, 2.45) is 0 Å². The van der Waals surface area contributed by atoms with Gasteiger partial charge in [-0.2, -0.15) is 4.98 Å². The molecule has 15 heavy (non-hydrogen) atoms. The summed E-state index contributed by atoms with van der Waals surface area (Å²) in [4.78, 5) is 8.42. The van der Waals surface area contributed by atoms with Gasteiger partial charge in [0.15, 0.2) is 5.82 Å². The summed E-state index contributed by atoms with van der Waals surface area (Å²) in [5.74, 6) is 1.20. The Labute approximate surface area is 87.3 Å². The largest absolute Gasteiger partial charge is 0.356 e. The van der Waals surface area contributed by atoms with Gasteiger partial charge in [0, 0.05) is 13.2 Å². The molecule has 0 atom stereocenters. The Morgan fingerprint density at radius 3 is 2.87 bits per heavy atom. The topological polar surface area (TPSA) is 66.5 Å². The Bertz CT molecular complexity index is 457. The van der Waals surface area contributed by atoms with Crippen molar-refractivity contribution in [3.8, 4) is 11.5 Å². The Morgan fingerprint density at radius 1 is 1.47 bits per heavy atom. The minimum atomic E-state index is 0.555. The molecule has 0 radical (unpaired) electrons. The number of aromatic amines is 1. The van der Waals surface area contributed by atoms with Gasteiger partial charge in [0.2, 0.25) is 5.95 Å². The molecule has 0 unspecified atom stereocenters. The van der Waals surface area contributed by atoms with Crippen molar-refractivity contribution in [3.63, 3.8) is 0 Å². The maximum atomic E-state index is 4.23. The maximum absolute atomic E-state index is 4.23. The van der Waals surface area contributed by atoms with Gasteiger partial charge < -0.3 is 5.32 Å². The van der Waals surface area contributed by atoms with E-state index in [2.05, 4.69) is 32.1 Å². The highest BCUT2D eigenvalue weighted by Gasteiger charge is 2.04. The van der Waals surface area contributed by atoms with Crippen molar-refractivity contribution in [1.82, 2.24) is 20.2 Å². The first kappa shape index (κ1) is 9.39. The lowest BCUT2D eigenvalue weighted by molar-refractivity contribution is 1.08. The number of anilines is 1. The van der Waals surface area contributed by atoms with Crippen molar-refractivity contribution in [2.75, 3.05) is 12.4 Å². The average molecular weight is 201 g/mol. The van der Waals surface area contributed by atoms with Gasteiger partial charge in [-0.05, 0) is 11.6 Å². The van der Waals surface area contributed by atoms with Gasteiger partial charge in [-0.3, -0.25) is 10.1 Å². The summed E-state index contributed by atoms with van der Waals surface area (Å²) in [6.07, 6.45) is 3.49. The summed E-state index contributed by atoms with van der Waals surface area (Å²) in [6.45, 7) is 3.66. The first-order valence-corrected chi connectivity index (χ1v) is 4.52. The van der Waals surface area contributed by atoms with E-state index in [-0.39, 0.29) is 0 Å². The van der Waals surface area contributed by atoms with Crippen LogP contribution in [0.1, 0.15) is 5.56 Å². The SMILES string of the molecule is C=Cc1ccc(-c2nc(NC)n[nH]2)nc1. The van der Waals surface area contributed by atoms with Crippen molar-refractivity contribution < 1.29 is 0 Å². The highest BCUT2D eigenvalue weighted by molar-refractivity contribution is 5.54. The number of nitrogens with zero attached hydrogens (tertiary/aromatic N) is 3. The lowest BCUT2D eigenvalue weighted by Gasteiger charge is -1.95.